The maximum absolute atomic E-state index is 12.7. The fraction of sp³-hybridized carbons (Fsp3) is 0.136. The Balaban J connectivity index is 1.74. The molecule has 0 radical (unpaired) electrons. The molecule has 1 aromatic heterocycles. The number of amides is 2. The first-order valence-corrected chi connectivity index (χ1v) is 9.98. The number of rotatable bonds is 8. The molecule has 0 spiro atoms. The van der Waals surface area contributed by atoms with E-state index in [4.69, 9.17) is 4.74 Å². The van der Waals surface area contributed by atoms with Crippen LogP contribution >= 0.6 is 11.3 Å². The van der Waals surface area contributed by atoms with E-state index in [1.807, 2.05) is 31.2 Å². The minimum absolute atomic E-state index is 0.283. The molecule has 148 valence electrons. The van der Waals surface area contributed by atoms with E-state index in [0.717, 1.165) is 16.3 Å². The molecule has 0 saturated carbocycles. The van der Waals surface area contributed by atoms with Gasteiger partial charge in [-0.3, -0.25) is 9.59 Å². The lowest BCUT2D eigenvalue weighted by Crippen LogP contribution is -2.25. The predicted octanol–water partition coefficient (Wildman–Crippen LogP) is 4.38. The van der Waals surface area contributed by atoms with Gasteiger partial charge in [0.15, 0.2) is 0 Å². The molecule has 0 saturated heterocycles. The Kier molecular flexibility index (Phi) is 6.76. The first-order valence-electron chi connectivity index (χ1n) is 9.10. The highest BCUT2D eigenvalue weighted by Crippen LogP contribution is 2.26. The molecule has 0 aliphatic heterocycles. The zero-order chi connectivity index (χ0) is 20.6. The van der Waals surface area contributed by atoms with Crippen LogP contribution in [0.1, 0.15) is 27.8 Å². The fourth-order valence-corrected chi connectivity index (χ4v) is 3.41. The van der Waals surface area contributed by atoms with Gasteiger partial charge in [0.2, 0.25) is 0 Å². The van der Waals surface area contributed by atoms with Crippen molar-refractivity contribution in [2.75, 3.05) is 18.5 Å². The summed E-state index contributed by atoms with van der Waals surface area (Å²) in [6.07, 6.45) is 1.59. The van der Waals surface area contributed by atoms with Crippen LogP contribution in [0.15, 0.2) is 66.6 Å². The average Bonchev–Trinajstić information content (AvgIpc) is 3.23. The van der Waals surface area contributed by atoms with Crippen LogP contribution in [0, 0.1) is 0 Å². The Labute approximate surface area is 173 Å². The zero-order valence-corrected chi connectivity index (χ0v) is 16.8. The molecule has 29 heavy (non-hydrogen) atoms. The van der Waals surface area contributed by atoms with Crippen LogP contribution in [0.2, 0.25) is 0 Å². The van der Waals surface area contributed by atoms with Crippen LogP contribution in [0.5, 0.6) is 5.75 Å². The molecule has 0 unspecified atom stereocenters. The van der Waals surface area contributed by atoms with Crippen molar-refractivity contribution in [3.8, 4) is 16.3 Å². The van der Waals surface area contributed by atoms with Crippen molar-refractivity contribution in [1.29, 1.82) is 0 Å². The third-order valence-electron chi connectivity index (χ3n) is 3.98. The van der Waals surface area contributed by atoms with Gasteiger partial charge in [0.1, 0.15) is 16.5 Å². The molecule has 3 rings (SSSR count). The smallest absolute Gasteiger partial charge is 0.275 e. The second-order valence-electron chi connectivity index (χ2n) is 5.99. The lowest BCUT2D eigenvalue weighted by atomic mass is 10.1. The van der Waals surface area contributed by atoms with Crippen LogP contribution in [0.4, 0.5) is 5.69 Å². The molecule has 0 fully saturated rings. The molecule has 0 aliphatic rings. The van der Waals surface area contributed by atoms with E-state index in [-0.39, 0.29) is 11.8 Å². The third kappa shape index (κ3) is 5.08. The minimum atomic E-state index is -0.373. The van der Waals surface area contributed by atoms with Crippen molar-refractivity contribution in [3.63, 3.8) is 0 Å². The maximum atomic E-state index is 12.7. The summed E-state index contributed by atoms with van der Waals surface area (Å²) in [5, 5.41) is 7.91. The summed E-state index contributed by atoms with van der Waals surface area (Å²) >= 11 is 1.38. The number of nitrogens with zero attached hydrogens (tertiary/aromatic N) is 1. The highest BCUT2D eigenvalue weighted by atomic mass is 32.1. The van der Waals surface area contributed by atoms with E-state index in [9.17, 15) is 9.59 Å². The van der Waals surface area contributed by atoms with Crippen LogP contribution in [0.25, 0.3) is 10.6 Å². The zero-order valence-electron chi connectivity index (χ0n) is 16.0. The molecule has 0 atom stereocenters. The Morgan fingerprint density at radius 1 is 1.14 bits per heavy atom. The first kappa shape index (κ1) is 20.3. The van der Waals surface area contributed by atoms with Crippen LogP contribution < -0.4 is 15.4 Å². The van der Waals surface area contributed by atoms with Crippen molar-refractivity contribution in [1.82, 2.24) is 10.3 Å². The monoisotopic (exact) mass is 407 g/mol. The number of nitrogens with one attached hydrogen (secondary N) is 2. The van der Waals surface area contributed by atoms with Gasteiger partial charge in [-0.25, -0.2) is 4.98 Å². The number of benzene rings is 2. The van der Waals surface area contributed by atoms with E-state index in [1.54, 1.807) is 35.7 Å². The van der Waals surface area contributed by atoms with E-state index in [0.29, 0.717) is 30.1 Å². The summed E-state index contributed by atoms with van der Waals surface area (Å²) in [5.74, 6) is 0.133. The van der Waals surface area contributed by atoms with Gasteiger partial charge in [0, 0.05) is 17.5 Å². The average molecular weight is 407 g/mol. The summed E-state index contributed by atoms with van der Waals surface area (Å²) in [5.41, 5.74) is 2.00. The fourth-order valence-electron chi connectivity index (χ4n) is 2.61. The Morgan fingerprint density at radius 3 is 2.62 bits per heavy atom. The summed E-state index contributed by atoms with van der Waals surface area (Å²) < 4.78 is 5.44. The molecule has 2 N–H and O–H groups in total. The van der Waals surface area contributed by atoms with Gasteiger partial charge in [-0.1, -0.05) is 18.2 Å². The standard InChI is InChI=1S/C22H21N3O3S/c1-3-13-23-20(26)17-7-5-6-8-18(17)24-21(27)19-14-29-22(25-19)15-9-11-16(12-10-15)28-4-2/h3,5-12,14H,1,4,13H2,2H3,(H,23,26)(H,24,27). The topological polar surface area (TPSA) is 80.3 Å². The SMILES string of the molecule is C=CCNC(=O)c1ccccc1NC(=O)c1csc(-c2ccc(OCC)cc2)n1. The summed E-state index contributed by atoms with van der Waals surface area (Å²) in [6, 6.07) is 14.4. The molecule has 1 heterocycles. The molecule has 7 heteroatoms. The number of carbonyl (C=O) groups excluding carboxylic acids is 2. The van der Waals surface area contributed by atoms with Crippen molar-refractivity contribution >= 4 is 28.8 Å². The van der Waals surface area contributed by atoms with Crippen molar-refractivity contribution in [2.45, 2.75) is 6.92 Å². The number of anilines is 1. The first-order chi connectivity index (χ1) is 14.1. The summed E-state index contributed by atoms with van der Waals surface area (Å²) in [4.78, 5) is 29.4. The number of aromatic nitrogens is 1. The molecule has 0 aliphatic carbocycles. The number of thiazole rings is 1. The summed E-state index contributed by atoms with van der Waals surface area (Å²) in [7, 11) is 0. The Morgan fingerprint density at radius 2 is 1.90 bits per heavy atom. The van der Waals surface area contributed by atoms with Gasteiger partial charge in [-0.05, 0) is 43.3 Å². The number of para-hydroxylation sites is 1. The van der Waals surface area contributed by atoms with Crippen LogP contribution in [-0.4, -0.2) is 29.9 Å². The number of hydrogen-bond acceptors (Lipinski definition) is 5. The third-order valence-corrected chi connectivity index (χ3v) is 4.87. The number of carbonyl (C=O) groups is 2. The largest absolute Gasteiger partial charge is 0.494 e. The van der Waals surface area contributed by atoms with Gasteiger partial charge < -0.3 is 15.4 Å². The molecule has 2 amide bonds. The molecular formula is C22H21N3O3S. The lowest BCUT2D eigenvalue weighted by Gasteiger charge is -2.10. The van der Waals surface area contributed by atoms with E-state index < -0.39 is 0 Å². The highest BCUT2D eigenvalue weighted by Gasteiger charge is 2.16. The number of ether oxygens (including phenoxy) is 1. The normalized spacial score (nSPS) is 10.2. The van der Waals surface area contributed by atoms with Crippen LogP contribution in [-0.2, 0) is 0 Å². The van der Waals surface area contributed by atoms with Crippen molar-refractivity contribution in [2.24, 2.45) is 0 Å². The molecule has 2 aromatic carbocycles. The minimum Gasteiger partial charge on any atom is -0.494 e. The van der Waals surface area contributed by atoms with E-state index >= 15 is 0 Å². The number of hydrogen-bond donors (Lipinski definition) is 2. The molecule has 3 aromatic rings. The van der Waals surface area contributed by atoms with Crippen molar-refractivity contribution < 1.29 is 14.3 Å². The van der Waals surface area contributed by atoms with E-state index in [1.165, 1.54) is 11.3 Å². The molecular weight excluding hydrogens is 386 g/mol. The second kappa shape index (κ2) is 9.66. The molecule has 6 nitrogen and oxygen atoms in total. The van der Waals surface area contributed by atoms with Gasteiger partial charge in [0.25, 0.3) is 11.8 Å². The maximum Gasteiger partial charge on any atom is 0.275 e. The predicted molar refractivity (Wildman–Crippen MR) is 116 cm³/mol. The Bertz CT molecular complexity index is 1010. The summed E-state index contributed by atoms with van der Waals surface area (Å²) in [6.45, 7) is 6.46. The van der Waals surface area contributed by atoms with Gasteiger partial charge in [0.05, 0.1) is 17.9 Å². The van der Waals surface area contributed by atoms with Crippen LogP contribution in [0.3, 0.4) is 0 Å². The Hall–Kier alpha value is -3.45. The lowest BCUT2D eigenvalue weighted by molar-refractivity contribution is 0.0959. The highest BCUT2D eigenvalue weighted by molar-refractivity contribution is 7.13. The van der Waals surface area contributed by atoms with Gasteiger partial charge in [-0.2, -0.15) is 0 Å². The van der Waals surface area contributed by atoms with Gasteiger partial charge >= 0.3 is 0 Å². The quantitative estimate of drug-likeness (QED) is 0.543. The van der Waals surface area contributed by atoms with E-state index in [2.05, 4.69) is 22.2 Å². The van der Waals surface area contributed by atoms with Gasteiger partial charge in [-0.15, -0.1) is 17.9 Å². The second-order valence-corrected chi connectivity index (χ2v) is 6.85. The molecule has 0 bridgehead atoms. The van der Waals surface area contributed by atoms with Crippen molar-refractivity contribution in [3.05, 3.63) is 77.8 Å².